The van der Waals surface area contributed by atoms with Gasteiger partial charge in [-0.05, 0) is 24.3 Å². The monoisotopic (exact) mass is 362 g/mol. The van der Waals surface area contributed by atoms with Crippen molar-refractivity contribution in [2.45, 2.75) is 6.18 Å². The molecule has 2 aromatic rings. The molecule has 0 unspecified atom stereocenters. The molecule has 3 nitrogen and oxygen atoms in total. The van der Waals surface area contributed by atoms with Gasteiger partial charge in [0.25, 0.3) is 5.91 Å². The summed E-state index contributed by atoms with van der Waals surface area (Å²) in [5.41, 5.74) is -1.95. The van der Waals surface area contributed by atoms with Gasteiger partial charge in [-0.3, -0.25) is 9.78 Å². The highest BCUT2D eigenvalue weighted by atomic mass is 79.9. The van der Waals surface area contributed by atoms with E-state index in [1.165, 1.54) is 12.3 Å². The molecule has 0 saturated heterocycles. The molecule has 8 heteroatoms. The number of benzene rings is 1. The molecule has 0 aliphatic carbocycles. The lowest BCUT2D eigenvalue weighted by atomic mass is 10.1. The summed E-state index contributed by atoms with van der Waals surface area (Å²) >= 11 is 2.92. The standard InChI is InChI=1S/C13H7BrF4N2O/c14-7-1-2-8(9(5-7)13(16,17)18)12(21)20-11-3-4-19-6-10(11)15/h1-6H,(H,19,20,21). The number of hydrogen-bond acceptors (Lipinski definition) is 2. The second-order valence-electron chi connectivity index (χ2n) is 4.00. The molecule has 1 aromatic heterocycles. The number of aromatic nitrogens is 1. The Hall–Kier alpha value is -1.96. The van der Waals surface area contributed by atoms with E-state index in [0.717, 1.165) is 24.4 Å². The molecule has 1 amide bonds. The minimum Gasteiger partial charge on any atom is -0.319 e. The number of halogens is 5. The van der Waals surface area contributed by atoms with Gasteiger partial charge in [-0.2, -0.15) is 13.2 Å². The van der Waals surface area contributed by atoms with Crippen molar-refractivity contribution in [1.82, 2.24) is 4.98 Å². The molecule has 0 saturated carbocycles. The number of nitrogens with zero attached hydrogens (tertiary/aromatic N) is 1. The zero-order valence-corrected chi connectivity index (χ0v) is 11.8. The Bertz CT molecular complexity index is 688. The van der Waals surface area contributed by atoms with Crippen LogP contribution in [0.3, 0.4) is 0 Å². The minimum absolute atomic E-state index is 0.182. The molecular formula is C13H7BrF4N2O. The van der Waals surface area contributed by atoms with Gasteiger partial charge in [0, 0.05) is 10.7 Å². The van der Waals surface area contributed by atoms with Crippen LogP contribution in [0, 0.1) is 5.82 Å². The van der Waals surface area contributed by atoms with Crippen molar-refractivity contribution in [3.63, 3.8) is 0 Å². The van der Waals surface area contributed by atoms with Crippen LogP contribution in [-0.2, 0) is 6.18 Å². The maximum absolute atomic E-state index is 13.4. The van der Waals surface area contributed by atoms with Crippen molar-refractivity contribution in [2.24, 2.45) is 0 Å². The number of anilines is 1. The third-order valence-electron chi connectivity index (χ3n) is 2.55. The average Bonchev–Trinajstić information content (AvgIpc) is 2.40. The summed E-state index contributed by atoms with van der Waals surface area (Å²) in [5, 5.41) is 2.09. The van der Waals surface area contributed by atoms with Crippen molar-refractivity contribution in [1.29, 1.82) is 0 Å². The predicted molar refractivity (Wildman–Crippen MR) is 71.3 cm³/mol. The maximum atomic E-state index is 13.4. The topological polar surface area (TPSA) is 42.0 Å². The van der Waals surface area contributed by atoms with E-state index < -0.39 is 29.0 Å². The van der Waals surface area contributed by atoms with E-state index in [4.69, 9.17) is 0 Å². The Labute approximate surface area is 125 Å². The summed E-state index contributed by atoms with van der Waals surface area (Å²) in [7, 11) is 0. The Morgan fingerprint density at radius 2 is 1.95 bits per heavy atom. The lowest BCUT2D eigenvalue weighted by Crippen LogP contribution is -2.19. The van der Waals surface area contributed by atoms with Crippen molar-refractivity contribution in [2.75, 3.05) is 5.32 Å². The lowest BCUT2D eigenvalue weighted by Gasteiger charge is -2.13. The van der Waals surface area contributed by atoms with E-state index in [2.05, 4.69) is 26.2 Å². The van der Waals surface area contributed by atoms with Crippen LogP contribution in [0.4, 0.5) is 23.2 Å². The zero-order chi connectivity index (χ0) is 15.6. The molecular weight excluding hydrogens is 356 g/mol. The van der Waals surface area contributed by atoms with Gasteiger partial charge in [0.1, 0.15) is 0 Å². The lowest BCUT2D eigenvalue weighted by molar-refractivity contribution is -0.137. The first-order chi connectivity index (χ1) is 9.79. The molecule has 110 valence electrons. The fourth-order valence-electron chi connectivity index (χ4n) is 1.62. The number of hydrogen-bond donors (Lipinski definition) is 1. The van der Waals surface area contributed by atoms with Crippen LogP contribution >= 0.6 is 15.9 Å². The predicted octanol–water partition coefficient (Wildman–Crippen LogP) is 4.25. The van der Waals surface area contributed by atoms with Crippen LogP contribution in [-0.4, -0.2) is 10.9 Å². The SMILES string of the molecule is O=C(Nc1ccncc1F)c1ccc(Br)cc1C(F)(F)F. The molecule has 1 N–H and O–H groups in total. The van der Waals surface area contributed by atoms with E-state index in [0.29, 0.717) is 0 Å². The van der Waals surface area contributed by atoms with Crippen LogP contribution < -0.4 is 5.32 Å². The fourth-order valence-corrected chi connectivity index (χ4v) is 1.98. The molecule has 1 heterocycles. The van der Waals surface area contributed by atoms with E-state index in [1.54, 1.807) is 0 Å². The summed E-state index contributed by atoms with van der Waals surface area (Å²) in [6, 6.07) is 4.26. The van der Waals surface area contributed by atoms with Gasteiger partial charge in [-0.25, -0.2) is 4.39 Å². The van der Waals surface area contributed by atoms with Crippen LogP contribution in [0.25, 0.3) is 0 Å². The summed E-state index contributed by atoms with van der Waals surface area (Å²) < 4.78 is 52.3. The van der Waals surface area contributed by atoms with Crippen LogP contribution in [0.5, 0.6) is 0 Å². The number of pyridine rings is 1. The summed E-state index contributed by atoms with van der Waals surface area (Å²) in [6.07, 6.45) is -2.64. The maximum Gasteiger partial charge on any atom is 0.417 e. The number of rotatable bonds is 2. The van der Waals surface area contributed by atoms with E-state index in [-0.39, 0.29) is 10.2 Å². The first-order valence-electron chi connectivity index (χ1n) is 5.56. The molecule has 2 rings (SSSR count). The largest absolute Gasteiger partial charge is 0.417 e. The Kier molecular flexibility index (Phi) is 4.26. The Morgan fingerprint density at radius 3 is 2.57 bits per heavy atom. The zero-order valence-electron chi connectivity index (χ0n) is 10.2. The molecule has 0 radical (unpaired) electrons. The highest BCUT2D eigenvalue weighted by molar-refractivity contribution is 9.10. The van der Waals surface area contributed by atoms with Crippen molar-refractivity contribution < 1.29 is 22.4 Å². The molecule has 0 aliphatic rings. The summed E-state index contributed by atoms with van der Waals surface area (Å²) in [4.78, 5) is 15.4. The molecule has 0 spiro atoms. The van der Waals surface area contributed by atoms with E-state index >= 15 is 0 Å². The molecule has 0 aliphatic heterocycles. The number of carbonyl (C=O) groups excluding carboxylic acids is 1. The Morgan fingerprint density at radius 1 is 1.24 bits per heavy atom. The average molecular weight is 363 g/mol. The minimum atomic E-state index is -4.70. The number of alkyl halides is 3. The van der Waals surface area contributed by atoms with Gasteiger partial charge in [0.15, 0.2) is 5.82 Å². The summed E-state index contributed by atoms with van der Waals surface area (Å²) in [6.45, 7) is 0. The quantitative estimate of drug-likeness (QED) is 0.811. The van der Waals surface area contributed by atoms with Gasteiger partial charge in [-0.1, -0.05) is 15.9 Å². The highest BCUT2D eigenvalue weighted by Crippen LogP contribution is 2.34. The van der Waals surface area contributed by atoms with Crippen molar-refractivity contribution in [3.8, 4) is 0 Å². The fraction of sp³-hybridized carbons (Fsp3) is 0.0769. The molecule has 1 aromatic carbocycles. The van der Waals surface area contributed by atoms with Crippen molar-refractivity contribution in [3.05, 3.63) is 58.1 Å². The third-order valence-corrected chi connectivity index (χ3v) is 3.05. The van der Waals surface area contributed by atoms with Crippen molar-refractivity contribution >= 4 is 27.5 Å². The van der Waals surface area contributed by atoms with Crippen LogP contribution in [0.1, 0.15) is 15.9 Å². The smallest absolute Gasteiger partial charge is 0.319 e. The highest BCUT2D eigenvalue weighted by Gasteiger charge is 2.35. The van der Waals surface area contributed by atoms with Gasteiger partial charge in [0.2, 0.25) is 0 Å². The van der Waals surface area contributed by atoms with Gasteiger partial charge >= 0.3 is 6.18 Å². The van der Waals surface area contributed by atoms with Gasteiger partial charge in [0.05, 0.1) is 23.0 Å². The summed E-state index contributed by atoms with van der Waals surface area (Å²) in [5.74, 6) is -1.89. The number of carbonyl (C=O) groups is 1. The van der Waals surface area contributed by atoms with E-state index in [9.17, 15) is 22.4 Å². The second kappa shape index (κ2) is 5.80. The van der Waals surface area contributed by atoms with Crippen LogP contribution in [0.15, 0.2) is 41.1 Å². The van der Waals surface area contributed by atoms with Gasteiger partial charge < -0.3 is 5.32 Å². The number of amides is 1. The van der Waals surface area contributed by atoms with E-state index in [1.807, 2.05) is 0 Å². The first-order valence-corrected chi connectivity index (χ1v) is 6.36. The third kappa shape index (κ3) is 3.57. The Balaban J connectivity index is 2.38. The molecule has 0 atom stereocenters. The molecule has 0 fully saturated rings. The van der Waals surface area contributed by atoms with Crippen LogP contribution in [0.2, 0.25) is 0 Å². The molecule has 0 bridgehead atoms. The van der Waals surface area contributed by atoms with Gasteiger partial charge in [-0.15, -0.1) is 0 Å². The molecule has 21 heavy (non-hydrogen) atoms. The second-order valence-corrected chi connectivity index (χ2v) is 4.91. The number of nitrogens with one attached hydrogen (secondary N) is 1. The normalized spacial score (nSPS) is 11.3. The first kappa shape index (κ1) is 15.4.